The molecular formula is C14H9ClF2N2O. The highest BCUT2D eigenvalue weighted by Gasteiger charge is 2.12. The highest BCUT2D eigenvalue weighted by Crippen LogP contribution is 2.32. The van der Waals surface area contributed by atoms with Gasteiger partial charge in [0, 0.05) is 12.1 Å². The van der Waals surface area contributed by atoms with Crippen LogP contribution in [0.25, 0.3) is 0 Å². The first-order chi connectivity index (χ1) is 9.55. The van der Waals surface area contributed by atoms with Gasteiger partial charge in [-0.15, -0.1) is 0 Å². The van der Waals surface area contributed by atoms with E-state index in [0.717, 1.165) is 6.07 Å². The SMILES string of the molecule is COc1ccc(C#N)c(Nc2c(F)cc(F)cc2Cl)c1. The fourth-order valence-corrected chi connectivity index (χ4v) is 1.89. The lowest BCUT2D eigenvalue weighted by atomic mass is 10.1. The van der Waals surface area contributed by atoms with Crippen molar-refractivity contribution >= 4 is 23.0 Å². The van der Waals surface area contributed by atoms with Crippen LogP contribution in [0.1, 0.15) is 5.56 Å². The van der Waals surface area contributed by atoms with Gasteiger partial charge in [0.25, 0.3) is 0 Å². The van der Waals surface area contributed by atoms with Crippen LogP contribution in [-0.2, 0) is 0 Å². The van der Waals surface area contributed by atoms with Crippen LogP contribution in [0.15, 0.2) is 30.3 Å². The maximum absolute atomic E-state index is 13.7. The molecule has 2 aromatic rings. The summed E-state index contributed by atoms with van der Waals surface area (Å²) in [6, 6.07) is 8.31. The summed E-state index contributed by atoms with van der Waals surface area (Å²) >= 11 is 5.80. The second kappa shape index (κ2) is 5.76. The lowest BCUT2D eigenvalue weighted by molar-refractivity contribution is 0.415. The van der Waals surface area contributed by atoms with E-state index in [0.29, 0.717) is 17.5 Å². The first kappa shape index (κ1) is 14.1. The largest absolute Gasteiger partial charge is 0.497 e. The molecule has 0 aromatic heterocycles. The Hall–Kier alpha value is -2.32. The van der Waals surface area contributed by atoms with Crippen molar-refractivity contribution in [3.8, 4) is 11.8 Å². The third kappa shape index (κ3) is 2.81. The van der Waals surface area contributed by atoms with Gasteiger partial charge in [0.15, 0.2) is 5.82 Å². The molecule has 0 spiro atoms. The summed E-state index contributed by atoms with van der Waals surface area (Å²) in [5, 5.41) is 11.6. The molecule has 102 valence electrons. The van der Waals surface area contributed by atoms with Crippen LogP contribution in [0.3, 0.4) is 0 Å². The molecule has 0 bridgehead atoms. The minimum Gasteiger partial charge on any atom is -0.497 e. The molecule has 20 heavy (non-hydrogen) atoms. The van der Waals surface area contributed by atoms with Crippen molar-refractivity contribution < 1.29 is 13.5 Å². The number of nitrogens with zero attached hydrogens (tertiary/aromatic N) is 1. The fraction of sp³-hybridized carbons (Fsp3) is 0.0714. The Morgan fingerprint density at radius 3 is 2.60 bits per heavy atom. The van der Waals surface area contributed by atoms with Gasteiger partial charge >= 0.3 is 0 Å². The number of ether oxygens (including phenoxy) is 1. The predicted molar refractivity (Wildman–Crippen MR) is 72.4 cm³/mol. The van der Waals surface area contributed by atoms with Gasteiger partial charge in [-0.25, -0.2) is 8.78 Å². The van der Waals surface area contributed by atoms with Gasteiger partial charge in [0.1, 0.15) is 17.6 Å². The Bertz CT molecular complexity index is 675. The molecule has 0 saturated carbocycles. The summed E-state index contributed by atoms with van der Waals surface area (Å²) in [5.74, 6) is -1.13. The van der Waals surface area contributed by atoms with Crippen molar-refractivity contribution in [1.82, 2.24) is 0 Å². The predicted octanol–water partition coefficient (Wildman–Crippen LogP) is 4.24. The van der Waals surface area contributed by atoms with Crippen LogP contribution in [0.4, 0.5) is 20.2 Å². The van der Waals surface area contributed by atoms with Crippen LogP contribution in [0.5, 0.6) is 5.75 Å². The molecule has 2 rings (SSSR count). The highest BCUT2D eigenvalue weighted by atomic mass is 35.5. The van der Waals surface area contributed by atoms with Gasteiger partial charge in [-0.05, 0) is 18.2 Å². The Morgan fingerprint density at radius 2 is 2.00 bits per heavy atom. The van der Waals surface area contributed by atoms with Crippen molar-refractivity contribution in [2.45, 2.75) is 0 Å². The first-order valence-corrected chi connectivity index (χ1v) is 5.92. The van der Waals surface area contributed by atoms with E-state index in [-0.39, 0.29) is 16.3 Å². The van der Waals surface area contributed by atoms with Gasteiger partial charge in [-0.3, -0.25) is 0 Å². The summed E-state index contributed by atoms with van der Waals surface area (Å²) in [6.07, 6.45) is 0. The van der Waals surface area contributed by atoms with Crippen molar-refractivity contribution in [2.75, 3.05) is 12.4 Å². The van der Waals surface area contributed by atoms with E-state index in [2.05, 4.69) is 5.32 Å². The number of nitrogens with one attached hydrogen (secondary N) is 1. The molecule has 2 aromatic carbocycles. The van der Waals surface area contributed by atoms with Crippen LogP contribution >= 0.6 is 11.6 Å². The van der Waals surface area contributed by atoms with Crippen LogP contribution < -0.4 is 10.1 Å². The number of hydrogen-bond acceptors (Lipinski definition) is 3. The van der Waals surface area contributed by atoms with Gasteiger partial charge in [0.05, 0.1) is 29.1 Å². The Morgan fingerprint density at radius 1 is 1.25 bits per heavy atom. The molecule has 0 unspecified atom stereocenters. The highest BCUT2D eigenvalue weighted by molar-refractivity contribution is 6.33. The number of hydrogen-bond donors (Lipinski definition) is 1. The molecule has 0 amide bonds. The molecule has 0 aliphatic heterocycles. The topological polar surface area (TPSA) is 45.0 Å². The number of methoxy groups -OCH3 is 1. The standard InChI is InChI=1S/C14H9ClF2N2O/c1-20-10-3-2-8(7-18)13(6-10)19-14-11(15)4-9(16)5-12(14)17/h2-6,19H,1H3. The molecule has 0 atom stereocenters. The minimum absolute atomic E-state index is 0.0992. The second-order valence-electron chi connectivity index (χ2n) is 3.89. The molecule has 0 aliphatic rings. The molecule has 0 radical (unpaired) electrons. The van der Waals surface area contributed by atoms with E-state index in [1.54, 1.807) is 6.07 Å². The number of halogens is 3. The Labute approximate surface area is 119 Å². The van der Waals surface area contributed by atoms with Crippen molar-refractivity contribution in [2.24, 2.45) is 0 Å². The van der Waals surface area contributed by atoms with E-state index < -0.39 is 11.6 Å². The lowest BCUT2D eigenvalue weighted by Crippen LogP contribution is -1.99. The summed E-state index contributed by atoms with van der Waals surface area (Å²) < 4.78 is 31.7. The molecule has 0 aliphatic carbocycles. The van der Waals surface area contributed by atoms with E-state index in [1.165, 1.54) is 19.2 Å². The fourth-order valence-electron chi connectivity index (χ4n) is 1.65. The summed E-state index contributed by atoms with van der Waals surface area (Å²) in [5.41, 5.74) is 0.502. The molecule has 3 nitrogen and oxygen atoms in total. The maximum Gasteiger partial charge on any atom is 0.151 e. The summed E-state index contributed by atoms with van der Waals surface area (Å²) in [7, 11) is 1.47. The van der Waals surface area contributed by atoms with Gasteiger partial charge in [-0.1, -0.05) is 11.6 Å². The van der Waals surface area contributed by atoms with Crippen molar-refractivity contribution in [3.05, 3.63) is 52.6 Å². The van der Waals surface area contributed by atoms with Crippen LogP contribution in [-0.4, -0.2) is 7.11 Å². The third-order valence-corrected chi connectivity index (χ3v) is 2.91. The van der Waals surface area contributed by atoms with Crippen LogP contribution in [0.2, 0.25) is 5.02 Å². The summed E-state index contributed by atoms with van der Waals surface area (Å²) in [6.45, 7) is 0. The molecular weight excluding hydrogens is 286 g/mol. The zero-order chi connectivity index (χ0) is 14.7. The lowest BCUT2D eigenvalue weighted by Gasteiger charge is -2.12. The number of nitriles is 1. The smallest absolute Gasteiger partial charge is 0.151 e. The van der Waals surface area contributed by atoms with E-state index in [9.17, 15) is 8.78 Å². The minimum atomic E-state index is -0.846. The number of anilines is 2. The van der Waals surface area contributed by atoms with Gasteiger partial charge in [-0.2, -0.15) is 5.26 Å². The number of benzene rings is 2. The Balaban J connectivity index is 2.47. The quantitative estimate of drug-likeness (QED) is 0.921. The summed E-state index contributed by atoms with van der Waals surface area (Å²) in [4.78, 5) is 0. The van der Waals surface area contributed by atoms with Crippen molar-refractivity contribution in [3.63, 3.8) is 0 Å². The normalized spacial score (nSPS) is 9.95. The maximum atomic E-state index is 13.7. The average molecular weight is 295 g/mol. The molecule has 1 N–H and O–H groups in total. The first-order valence-electron chi connectivity index (χ1n) is 5.55. The average Bonchev–Trinajstić information content (AvgIpc) is 2.42. The number of rotatable bonds is 3. The second-order valence-corrected chi connectivity index (χ2v) is 4.30. The van der Waals surface area contributed by atoms with Crippen molar-refractivity contribution in [1.29, 1.82) is 5.26 Å². The van der Waals surface area contributed by atoms with Gasteiger partial charge in [0.2, 0.25) is 0 Å². The Kier molecular flexibility index (Phi) is 4.06. The molecule has 6 heteroatoms. The van der Waals surface area contributed by atoms with E-state index in [4.69, 9.17) is 21.6 Å². The van der Waals surface area contributed by atoms with E-state index >= 15 is 0 Å². The molecule has 0 heterocycles. The monoisotopic (exact) mass is 294 g/mol. The molecule has 0 saturated heterocycles. The van der Waals surface area contributed by atoms with E-state index in [1.807, 2.05) is 6.07 Å². The zero-order valence-corrected chi connectivity index (χ0v) is 11.1. The third-order valence-electron chi connectivity index (χ3n) is 2.61. The zero-order valence-electron chi connectivity index (χ0n) is 10.4. The molecule has 0 fully saturated rings. The van der Waals surface area contributed by atoms with Gasteiger partial charge < -0.3 is 10.1 Å². The van der Waals surface area contributed by atoms with Crippen LogP contribution in [0, 0.1) is 23.0 Å².